The van der Waals surface area contributed by atoms with Crippen LogP contribution in [0.15, 0.2) is 6.20 Å². The Bertz CT molecular complexity index is 554. The second-order valence-corrected chi connectivity index (χ2v) is 8.19. The average Bonchev–Trinajstić information content (AvgIpc) is 2.68. The Morgan fingerprint density at radius 2 is 2.15 bits per heavy atom. The minimum Gasteiger partial charge on any atom is -0.383 e. The first-order valence-electron chi connectivity index (χ1n) is 6.23. The zero-order valence-electron chi connectivity index (χ0n) is 12.5. The van der Waals surface area contributed by atoms with Crippen LogP contribution in [0, 0.1) is 0 Å². The highest BCUT2D eigenvalue weighted by molar-refractivity contribution is 7.92. The van der Waals surface area contributed by atoms with Gasteiger partial charge in [-0.1, -0.05) is 11.6 Å². The van der Waals surface area contributed by atoms with Crippen molar-refractivity contribution in [3.63, 3.8) is 0 Å². The summed E-state index contributed by atoms with van der Waals surface area (Å²) in [5.74, 6) is 0. The summed E-state index contributed by atoms with van der Waals surface area (Å²) in [4.78, 5) is 0. The van der Waals surface area contributed by atoms with Crippen LogP contribution >= 0.6 is 11.6 Å². The molecule has 0 bridgehead atoms. The molecule has 8 heteroatoms. The quantitative estimate of drug-likeness (QED) is 0.818. The fourth-order valence-corrected chi connectivity index (χ4v) is 2.95. The molecule has 1 atom stereocenters. The summed E-state index contributed by atoms with van der Waals surface area (Å²) in [5.41, 5.74) is 0.654. The van der Waals surface area contributed by atoms with E-state index in [-0.39, 0.29) is 0 Å². The number of nitrogens with zero attached hydrogens (tertiary/aromatic N) is 2. The molecule has 0 amide bonds. The first-order chi connectivity index (χ1) is 9.16. The molecule has 0 aliphatic rings. The summed E-state index contributed by atoms with van der Waals surface area (Å²) in [6.07, 6.45) is 2.75. The second-order valence-electron chi connectivity index (χ2n) is 5.19. The predicted octanol–water partition coefficient (Wildman–Crippen LogP) is 1.27. The number of hydrogen-bond acceptors (Lipinski definition) is 5. The highest BCUT2D eigenvalue weighted by atomic mass is 35.5. The molecule has 0 radical (unpaired) electrons. The molecular weight excluding hydrogens is 302 g/mol. The first-order valence-corrected chi connectivity index (χ1v) is 8.50. The van der Waals surface area contributed by atoms with Gasteiger partial charge in [0.25, 0.3) is 0 Å². The molecule has 1 rings (SSSR count). The van der Waals surface area contributed by atoms with Crippen LogP contribution in [0.1, 0.15) is 25.6 Å². The van der Waals surface area contributed by atoms with Crippen LogP contribution in [0.5, 0.6) is 0 Å². The van der Waals surface area contributed by atoms with Crippen LogP contribution in [0.3, 0.4) is 0 Å². The molecule has 1 heterocycles. The minimum atomic E-state index is -3.29. The summed E-state index contributed by atoms with van der Waals surface area (Å²) < 4.78 is 29.8. The van der Waals surface area contributed by atoms with Crippen LogP contribution in [0.25, 0.3) is 0 Å². The molecule has 0 saturated heterocycles. The predicted molar refractivity (Wildman–Crippen MR) is 79.8 cm³/mol. The van der Waals surface area contributed by atoms with E-state index in [1.165, 1.54) is 12.5 Å². The molecule has 0 aliphatic carbocycles. The van der Waals surface area contributed by atoms with Gasteiger partial charge in [-0.05, 0) is 20.9 Å². The monoisotopic (exact) mass is 323 g/mol. The maximum absolute atomic E-state index is 12.0. The minimum absolute atomic E-state index is 0.442. The lowest BCUT2D eigenvalue weighted by molar-refractivity contribution is 0.181. The van der Waals surface area contributed by atoms with Crippen molar-refractivity contribution in [3.8, 4) is 0 Å². The average molecular weight is 324 g/mol. The van der Waals surface area contributed by atoms with Crippen molar-refractivity contribution in [1.29, 1.82) is 0 Å². The van der Waals surface area contributed by atoms with Crippen LogP contribution in [-0.2, 0) is 21.1 Å². The smallest absolute Gasteiger partial charge is 0.154 e. The third-order valence-electron chi connectivity index (χ3n) is 3.55. The van der Waals surface area contributed by atoms with Crippen molar-refractivity contribution >= 4 is 21.4 Å². The number of methoxy groups -OCH3 is 1. The molecule has 1 aromatic rings. The van der Waals surface area contributed by atoms with Crippen molar-refractivity contribution in [2.45, 2.75) is 31.2 Å². The summed E-state index contributed by atoms with van der Waals surface area (Å²) in [5, 5.41) is 7.67. The summed E-state index contributed by atoms with van der Waals surface area (Å²) in [6.45, 7) is 4.33. The highest BCUT2D eigenvalue weighted by Gasteiger charge is 2.41. The molecule has 1 aromatic heterocycles. The van der Waals surface area contributed by atoms with Crippen molar-refractivity contribution in [2.24, 2.45) is 0 Å². The normalized spacial score (nSPS) is 14.5. The molecule has 0 saturated carbocycles. The Morgan fingerprint density at radius 3 is 2.60 bits per heavy atom. The number of aromatic nitrogens is 2. The van der Waals surface area contributed by atoms with E-state index in [4.69, 9.17) is 16.3 Å². The zero-order valence-corrected chi connectivity index (χ0v) is 14.0. The third-order valence-corrected chi connectivity index (χ3v) is 5.99. The number of ether oxygens (including phenoxy) is 1. The molecule has 0 aromatic carbocycles. The Morgan fingerprint density at radius 1 is 1.55 bits per heavy atom. The van der Waals surface area contributed by atoms with Crippen LogP contribution in [0.2, 0.25) is 5.02 Å². The zero-order chi connectivity index (χ0) is 15.6. The summed E-state index contributed by atoms with van der Waals surface area (Å²) in [7, 11) is 0.0206. The molecule has 0 spiro atoms. The number of sulfone groups is 1. The lowest BCUT2D eigenvalue weighted by atomic mass is 10.00. The van der Waals surface area contributed by atoms with Gasteiger partial charge in [-0.15, -0.1) is 0 Å². The topological polar surface area (TPSA) is 73.2 Å². The highest BCUT2D eigenvalue weighted by Crippen LogP contribution is 2.35. The summed E-state index contributed by atoms with van der Waals surface area (Å²) >= 11 is 6.19. The van der Waals surface area contributed by atoms with Crippen LogP contribution < -0.4 is 5.32 Å². The Kier molecular flexibility index (Phi) is 5.60. The van der Waals surface area contributed by atoms with Crippen molar-refractivity contribution in [2.75, 3.05) is 27.0 Å². The van der Waals surface area contributed by atoms with Gasteiger partial charge in [-0.2, -0.15) is 5.10 Å². The molecule has 0 aliphatic heterocycles. The molecule has 0 fully saturated rings. The van der Waals surface area contributed by atoms with E-state index >= 15 is 0 Å². The van der Waals surface area contributed by atoms with E-state index in [1.54, 1.807) is 32.7 Å². The molecule has 1 N–H and O–H groups in total. The maximum Gasteiger partial charge on any atom is 0.154 e. The number of rotatable bonds is 7. The van der Waals surface area contributed by atoms with Gasteiger partial charge in [0, 0.05) is 13.4 Å². The van der Waals surface area contributed by atoms with Crippen LogP contribution in [-0.4, -0.2) is 50.0 Å². The number of halogens is 1. The molecule has 20 heavy (non-hydrogen) atoms. The largest absolute Gasteiger partial charge is 0.383 e. The molecule has 116 valence electrons. The molecule has 1 unspecified atom stereocenters. The molecular formula is C12H22ClN3O3S. The van der Waals surface area contributed by atoms with Gasteiger partial charge in [-0.3, -0.25) is 4.68 Å². The first kappa shape index (κ1) is 17.4. The van der Waals surface area contributed by atoms with Crippen molar-refractivity contribution < 1.29 is 13.2 Å². The van der Waals surface area contributed by atoms with E-state index in [1.807, 2.05) is 0 Å². The van der Waals surface area contributed by atoms with E-state index in [0.717, 1.165) is 0 Å². The van der Waals surface area contributed by atoms with Crippen molar-refractivity contribution in [3.05, 3.63) is 16.9 Å². The number of hydrogen-bond donors (Lipinski definition) is 1. The lowest BCUT2D eigenvalue weighted by Crippen LogP contribution is -2.45. The van der Waals surface area contributed by atoms with Gasteiger partial charge >= 0.3 is 0 Å². The van der Waals surface area contributed by atoms with Gasteiger partial charge < -0.3 is 10.1 Å². The van der Waals surface area contributed by atoms with E-state index < -0.39 is 20.6 Å². The van der Waals surface area contributed by atoms with Gasteiger partial charge in [0.1, 0.15) is 0 Å². The van der Waals surface area contributed by atoms with Crippen LogP contribution in [0.4, 0.5) is 0 Å². The lowest BCUT2D eigenvalue weighted by Gasteiger charge is -2.33. The Hall–Kier alpha value is -0.630. The fraction of sp³-hybridized carbons (Fsp3) is 0.750. The van der Waals surface area contributed by atoms with Gasteiger partial charge in [-0.25, -0.2) is 8.42 Å². The van der Waals surface area contributed by atoms with Gasteiger partial charge in [0.15, 0.2) is 9.84 Å². The molecule has 6 nitrogen and oxygen atoms in total. The van der Waals surface area contributed by atoms with E-state index in [9.17, 15) is 8.42 Å². The third kappa shape index (κ3) is 3.33. The van der Waals surface area contributed by atoms with Crippen molar-refractivity contribution in [1.82, 2.24) is 15.1 Å². The van der Waals surface area contributed by atoms with E-state index in [2.05, 4.69) is 10.4 Å². The fourth-order valence-electron chi connectivity index (χ4n) is 2.04. The van der Waals surface area contributed by atoms with Gasteiger partial charge in [0.05, 0.1) is 40.9 Å². The Labute approximate surface area is 125 Å². The number of nitrogens with one attached hydrogen (secondary N) is 1. The van der Waals surface area contributed by atoms with Gasteiger partial charge in [0.2, 0.25) is 0 Å². The maximum atomic E-state index is 12.0. The Balaban J connectivity index is 3.29. The standard InChI is InChI=1S/C12H22ClN3O3S/c1-12(2,20(5,17)18)11(14-3)10-9(13)8-15-16(10)6-7-19-4/h8,11,14H,6-7H2,1-5H3. The van der Waals surface area contributed by atoms with E-state index in [0.29, 0.717) is 23.9 Å². The second kappa shape index (κ2) is 6.43. The SMILES string of the molecule is CNC(c1c(Cl)cnn1CCOC)C(C)(C)S(C)(=O)=O. The summed E-state index contributed by atoms with van der Waals surface area (Å²) in [6, 6.07) is -0.468.